The summed E-state index contributed by atoms with van der Waals surface area (Å²) in [5.74, 6) is 0.832. The highest BCUT2D eigenvalue weighted by molar-refractivity contribution is 5.97. The summed E-state index contributed by atoms with van der Waals surface area (Å²) >= 11 is 0. The average molecular weight is 325 g/mol. The third-order valence-corrected chi connectivity index (χ3v) is 3.33. The number of anilines is 1. The molecule has 24 heavy (non-hydrogen) atoms. The van der Waals surface area contributed by atoms with Gasteiger partial charge in [-0.15, -0.1) is 0 Å². The minimum Gasteiger partial charge on any atom is -0.465 e. The number of nitrogens with one attached hydrogen (secondary N) is 1. The first-order valence-electron chi connectivity index (χ1n) is 7.31. The molecule has 0 bridgehead atoms. The first kappa shape index (κ1) is 15.6. The average Bonchev–Trinajstić information content (AvgIpc) is 2.58. The maximum Gasteiger partial charge on any atom is 0.341 e. The highest BCUT2D eigenvalue weighted by Gasteiger charge is 2.28. The number of hydrogen-bond donors (Lipinski definition) is 1. The summed E-state index contributed by atoms with van der Waals surface area (Å²) in [5, 5.41) is 12.2. The Balaban J connectivity index is 2.12. The Bertz CT molecular complexity index is 856. The third-order valence-electron chi connectivity index (χ3n) is 3.33. The monoisotopic (exact) mass is 325 g/mol. The van der Waals surface area contributed by atoms with Crippen molar-refractivity contribution in [2.24, 2.45) is 0 Å². The SMILES string of the molecule is COC(=O)c1cnc2c(c1NC(C)C)Oc1cc(C#N)ccc1O2. The number of nitriles is 1. The number of carbonyl (C=O) groups is 1. The molecule has 1 aliphatic heterocycles. The second-order valence-electron chi connectivity index (χ2n) is 5.45. The van der Waals surface area contributed by atoms with Crippen LogP contribution < -0.4 is 14.8 Å². The van der Waals surface area contributed by atoms with Crippen LogP contribution in [0.15, 0.2) is 24.4 Å². The third kappa shape index (κ3) is 2.70. The molecular weight excluding hydrogens is 310 g/mol. The van der Waals surface area contributed by atoms with E-state index in [1.807, 2.05) is 19.9 Å². The van der Waals surface area contributed by atoms with Crippen LogP contribution in [0, 0.1) is 11.3 Å². The van der Waals surface area contributed by atoms with Crippen LogP contribution in [0.4, 0.5) is 5.69 Å². The van der Waals surface area contributed by atoms with E-state index in [-0.39, 0.29) is 23.2 Å². The van der Waals surface area contributed by atoms with E-state index in [2.05, 4.69) is 10.3 Å². The Morgan fingerprint density at radius 2 is 2.12 bits per heavy atom. The molecule has 1 aliphatic rings. The van der Waals surface area contributed by atoms with E-state index in [4.69, 9.17) is 19.5 Å². The molecule has 0 aliphatic carbocycles. The maximum atomic E-state index is 12.0. The molecule has 0 atom stereocenters. The highest BCUT2D eigenvalue weighted by atomic mass is 16.6. The van der Waals surface area contributed by atoms with Crippen molar-refractivity contribution < 1.29 is 19.0 Å². The molecule has 1 aromatic heterocycles. The molecule has 0 fully saturated rings. The van der Waals surface area contributed by atoms with E-state index in [0.717, 1.165) is 0 Å². The number of methoxy groups -OCH3 is 1. The predicted octanol–water partition coefficient (Wildman–Crippen LogP) is 3.46. The number of benzene rings is 1. The van der Waals surface area contributed by atoms with Crippen molar-refractivity contribution in [1.29, 1.82) is 5.26 Å². The van der Waals surface area contributed by atoms with Crippen LogP contribution >= 0.6 is 0 Å². The molecule has 122 valence electrons. The Kier molecular flexibility index (Phi) is 3.96. The van der Waals surface area contributed by atoms with E-state index in [0.29, 0.717) is 22.7 Å². The largest absolute Gasteiger partial charge is 0.465 e. The van der Waals surface area contributed by atoms with Crippen LogP contribution in [0.2, 0.25) is 0 Å². The van der Waals surface area contributed by atoms with E-state index < -0.39 is 5.97 Å². The summed E-state index contributed by atoms with van der Waals surface area (Å²) in [4.78, 5) is 16.2. The molecule has 0 radical (unpaired) electrons. The number of nitrogens with zero attached hydrogens (tertiary/aromatic N) is 2. The number of esters is 1. The number of carbonyl (C=O) groups excluding carboxylic acids is 1. The highest BCUT2D eigenvalue weighted by Crippen LogP contribution is 2.49. The molecular formula is C17H15N3O4. The van der Waals surface area contributed by atoms with Gasteiger partial charge in [-0.1, -0.05) is 0 Å². The van der Waals surface area contributed by atoms with Crippen molar-refractivity contribution in [3.63, 3.8) is 0 Å². The van der Waals surface area contributed by atoms with Gasteiger partial charge in [0.1, 0.15) is 5.56 Å². The van der Waals surface area contributed by atoms with Crippen molar-refractivity contribution in [3.05, 3.63) is 35.5 Å². The number of aromatic nitrogens is 1. The summed E-state index contributed by atoms with van der Waals surface area (Å²) < 4.78 is 16.4. The normalized spacial score (nSPS) is 11.5. The topological polar surface area (TPSA) is 93.5 Å². The lowest BCUT2D eigenvalue weighted by molar-refractivity contribution is 0.0601. The van der Waals surface area contributed by atoms with E-state index in [1.54, 1.807) is 18.2 Å². The summed E-state index contributed by atoms with van der Waals surface area (Å²) in [7, 11) is 1.30. The summed E-state index contributed by atoms with van der Waals surface area (Å²) in [5.41, 5.74) is 1.12. The molecule has 0 unspecified atom stereocenters. The van der Waals surface area contributed by atoms with Gasteiger partial charge in [0.25, 0.3) is 5.88 Å². The predicted molar refractivity (Wildman–Crippen MR) is 85.6 cm³/mol. The molecule has 3 rings (SSSR count). The molecule has 2 heterocycles. The van der Waals surface area contributed by atoms with Crippen LogP contribution in [-0.4, -0.2) is 24.1 Å². The fourth-order valence-electron chi connectivity index (χ4n) is 2.30. The summed E-state index contributed by atoms with van der Waals surface area (Å²) in [6, 6.07) is 6.92. The standard InChI is InChI=1S/C17H15N3O4/c1-9(2)20-14-11(17(21)22-3)8-19-16-15(14)23-13-6-10(7-18)4-5-12(13)24-16/h4-6,8-9H,1-3H3,(H,19,20). The first-order valence-corrected chi connectivity index (χ1v) is 7.31. The van der Waals surface area contributed by atoms with Gasteiger partial charge in [-0.25, -0.2) is 9.78 Å². The fraction of sp³-hybridized carbons (Fsp3) is 0.235. The van der Waals surface area contributed by atoms with Gasteiger partial charge in [0.05, 0.1) is 24.4 Å². The lowest BCUT2D eigenvalue weighted by Crippen LogP contribution is -2.17. The number of hydrogen-bond acceptors (Lipinski definition) is 7. The molecule has 0 amide bonds. The molecule has 0 saturated carbocycles. The van der Waals surface area contributed by atoms with Gasteiger partial charge in [0, 0.05) is 18.3 Å². The molecule has 0 spiro atoms. The quantitative estimate of drug-likeness (QED) is 0.737. The number of fused-ring (bicyclic) bond motifs is 2. The summed E-state index contributed by atoms with van der Waals surface area (Å²) in [6.45, 7) is 3.86. The van der Waals surface area contributed by atoms with Crippen LogP contribution in [0.3, 0.4) is 0 Å². The van der Waals surface area contributed by atoms with Crippen LogP contribution in [-0.2, 0) is 4.74 Å². The zero-order chi connectivity index (χ0) is 17.3. The van der Waals surface area contributed by atoms with Crippen molar-refractivity contribution in [2.75, 3.05) is 12.4 Å². The van der Waals surface area contributed by atoms with Gasteiger partial charge < -0.3 is 19.5 Å². The Labute approximate surface area is 138 Å². The van der Waals surface area contributed by atoms with Gasteiger partial charge in [-0.3, -0.25) is 0 Å². The van der Waals surface area contributed by atoms with Crippen molar-refractivity contribution in [3.8, 4) is 29.2 Å². The Morgan fingerprint density at radius 1 is 1.33 bits per heavy atom. The molecule has 7 heteroatoms. The van der Waals surface area contributed by atoms with Gasteiger partial charge in [-0.2, -0.15) is 5.26 Å². The number of ether oxygens (including phenoxy) is 3. The van der Waals surface area contributed by atoms with E-state index >= 15 is 0 Å². The second-order valence-corrected chi connectivity index (χ2v) is 5.45. The van der Waals surface area contributed by atoms with Crippen molar-refractivity contribution in [2.45, 2.75) is 19.9 Å². The zero-order valence-corrected chi connectivity index (χ0v) is 13.4. The molecule has 1 N–H and O–H groups in total. The van der Waals surface area contributed by atoms with Gasteiger partial charge in [0.2, 0.25) is 5.75 Å². The van der Waals surface area contributed by atoms with Gasteiger partial charge in [0.15, 0.2) is 11.5 Å². The molecule has 0 saturated heterocycles. The molecule has 1 aromatic carbocycles. The maximum absolute atomic E-state index is 12.0. The number of rotatable bonds is 3. The lowest BCUT2D eigenvalue weighted by atomic mass is 10.1. The van der Waals surface area contributed by atoms with E-state index in [1.165, 1.54) is 13.3 Å². The van der Waals surface area contributed by atoms with Crippen LogP contribution in [0.5, 0.6) is 23.1 Å². The zero-order valence-electron chi connectivity index (χ0n) is 13.4. The van der Waals surface area contributed by atoms with E-state index in [9.17, 15) is 4.79 Å². The molecule has 7 nitrogen and oxygen atoms in total. The summed E-state index contributed by atoms with van der Waals surface area (Å²) in [6.07, 6.45) is 1.38. The first-order chi connectivity index (χ1) is 11.5. The second kappa shape index (κ2) is 6.08. The lowest BCUT2D eigenvalue weighted by Gasteiger charge is -2.24. The minimum absolute atomic E-state index is 0.0374. The Morgan fingerprint density at radius 3 is 2.79 bits per heavy atom. The minimum atomic E-state index is -0.534. The van der Waals surface area contributed by atoms with Gasteiger partial charge in [-0.05, 0) is 26.0 Å². The fourth-order valence-corrected chi connectivity index (χ4v) is 2.30. The van der Waals surface area contributed by atoms with Crippen LogP contribution in [0.25, 0.3) is 0 Å². The van der Waals surface area contributed by atoms with Crippen molar-refractivity contribution in [1.82, 2.24) is 4.98 Å². The number of pyridine rings is 1. The smallest absolute Gasteiger partial charge is 0.341 e. The molecule has 2 aromatic rings. The van der Waals surface area contributed by atoms with Crippen LogP contribution in [0.1, 0.15) is 29.8 Å². The Hall–Kier alpha value is -3.27. The van der Waals surface area contributed by atoms with Gasteiger partial charge >= 0.3 is 5.97 Å². The van der Waals surface area contributed by atoms with Crippen molar-refractivity contribution >= 4 is 11.7 Å².